The summed E-state index contributed by atoms with van der Waals surface area (Å²) in [6, 6.07) is 3.49. The fourth-order valence-corrected chi connectivity index (χ4v) is 2.57. The van der Waals surface area contributed by atoms with Gasteiger partial charge in [-0.25, -0.2) is 13.2 Å². The van der Waals surface area contributed by atoms with Crippen molar-refractivity contribution in [3.63, 3.8) is 0 Å². The number of rotatable bonds is 5. The third kappa shape index (κ3) is 3.34. The summed E-state index contributed by atoms with van der Waals surface area (Å²) in [5, 5.41) is 3.96. The molecular weight excluding hydrogens is 273 g/mol. The second kappa shape index (κ2) is 6.18. The van der Waals surface area contributed by atoms with Crippen LogP contribution >= 0.6 is 11.3 Å². The molecule has 0 saturated carbocycles. The number of thiophene rings is 1. The predicted molar refractivity (Wildman–Crippen MR) is 69.0 cm³/mol. The average molecular weight is 286 g/mol. The van der Waals surface area contributed by atoms with Gasteiger partial charge in [-0.3, -0.25) is 11.3 Å². The number of hydrazine groups is 1. The lowest BCUT2D eigenvalue weighted by Gasteiger charge is -2.16. The van der Waals surface area contributed by atoms with E-state index in [-0.39, 0.29) is 0 Å². The Hall–Kier alpha value is -1.37. The normalized spacial score (nSPS) is 12.6. The molecule has 2 rings (SSSR count). The molecule has 0 saturated heterocycles. The first-order valence-corrected chi connectivity index (χ1v) is 6.67. The van der Waals surface area contributed by atoms with Crippen LogP contribution in [0.1, 0.15) is 23.6 Å². The molecule has 1 unspecified atom stereocenters. The highest BCUT2D eigenvalue weighted by atomic mass is 32.1. The van der Waals surface area contributed by atoms with Crippen LogP contribution in [0, 0.1) is 17.5 Å². The molecule has 1 heterocycles. The number of benzene rings is 1. The predicted octanol–water partition coefficient (Wildman–Crippen LogP) is 3.30. The highest BCUT2D eigenvalue weighted by Gasteiger charge is 2.16. The second-order valence-corrected chi connectivity index (χ2v) is 4.97. The van der Waals surface area contributed by atoms with Crippen LogP contribution in [0.15, 0.2) is 29.0 Å². The Morgan fingerprint density at radius 2 is 1.89 bits per heavy atom. The minimum absolute atomic E-state index is 0.300. The summed E-state index contributed by atoms with van der Waals surface area (Å²) < 4.78 is 39.2. The van der Waals surface area contributed by atoms with Crippen LogP contribution < -0.4 is 11.3 Å². The molecule has 102 valence electrons. The Kier molecular flexibility index (Phi) is 4.57. The Balaban J connectivity index is 2.13. The van der Waals surface area contributed by atoms with E-state index in [9.17, 15) is 13.2 Å². The number of halogens is 3. The van der Waals surface area contributed by atoms with Crippen LogP contribution in [0.25, 0.3) is 0 Å². The summed E-state index contributed by atoms with van der Waals surface area (Å²) in [6.07, 6.45) is 1.29. The Labute approximate surface area is 113 Å². The van der Waals surface area contributed by atoms with E-state index < -0.39 is 23.5 Å². The van der Waals surface area contributed by atoms with Gasteiger partial charge in [-0.1, -0.05) is 0 Å². The van der Waals surface area contributed by atoms with Crippen molar-refractivity contribution < 1.29 is 13.2 Å². The van der Waals surface area contributed by atoms with Crippen LogP contribution in [-0.2, 0) is 6.42 Å². The summed E-state index contributed by atoms with van der Waals surface area (Å²) in [5.41, 5.74) is 3.94. The minimum atomic E-state index is -1.46. The maximum absolute atomic E-state index is 13.2. The van der Waals surface area contributed by atoms with Gasteiger partial charge in [0, 0.05) is 6.04 Å². The maximum atomic E-state index is 13.2. The third-order valence-corrected chi connectivity index (χ3v) is 3.64. The number of nitrogens with one attached hydrogen (secondary N) is 1. The molecule has 3 N–H and O–H groups in total. The number of aryl methyl sites for hydroxylation is 1. The van der Waals surface area contributed by atoms with E-state index >= 15 is 0 Å². The molecular formula is C13H13F3N2S. The summed E-state index contributed by atoms with van der Waals surface area (Å²) in [6.45, 7) is 0. The van der Waals surface area contributed by atoms with E-state index in [4.69, 9.17) is 5.84 Å². The van der Waals surface area contributed by atoms with Crippen molar-refractivity contribution in [2.75, 3.05) is 0 Å². The zero-order chi connectivity index (χ0) is 13.8. The molecule has 0 fully saturated rings. The molecule has 2 aromatic rings. The first-order valence-electron chi connectivity index (χ1n) is 5.73. The monoisotopic (exact) mass is 286 g/mol. The fourth-order valence-electron chi connectivity index (χ4n) is 1.87. The zero-order valence-corrected chi connectivity index (χ0v) is 10.8. The van der Waals surface area contributed by atoms with Gasteiger partial charge in [0.05, 0.1) is 0 Å². The highest BCUT2D eigenvalue weighted by Crippen LogP contribution is 2.23. The first-order chi connectivity index (χ1) is 9.11. The molecule has 0 amide bonds. The lowest BCUT2D eigenvalue weighted by atomic mass is 10.0. The summed E-state index contributed by atoms with van der Waals surface area (Å²) in [4.78, 5) is 0. The molecule has 1 aromatic heterocycles. The molecule has 0 spiro atoms. The van der Waals surface area contributed by atoms with Crippen LogP contribution in [0.3, 0.4) is 0 Å². The van der Waals surface area contributed by atoms with Crippen LogP contribution in [0.2, 0.25) is 0 Å². The smallest absolute Gasteiger partial charge is 0.194 e. The summed E-state index contributed by atoms with van der Waals surface area (Å²) in [7, 11) is 0. The highest BCUT2D eigenvalue weighted by molar-refractivity contribution is 7.07. The molecule has 1 aromatic carbocycles. The second-order valence-electron chi connectivity index (χ2n) is 4.19. The SMILES string of the molecule is NNC(CCc1ccsc1)c1cc(F)c(F)c(F)c1. The summed E-state index contributed by atoms with van der Waals surface area (Å²) >= 11 is 1.58. The fraction of sp³-hybridized carbons (Fsp3) is 0.231. The largest absolute Gasteiger partial charge is 0.271 e. The van der Waals surface area contributed by atoms with E-state index in [0.29, 0.717) is 12.0 Å². The van der Waals surface area contributed by atoms with Crippen molar-refractivity contribution in [1.82, 2.24) is 5.43 Å². The van der Waals surface area contributed by atoms with Crippen LogP contribution in [-0.4, -0.2) is 0 Å². The third-order valence-electron chi connectivity index (χ3n) is 2.91. The van der Waals surface area contributed by atoms with Gasteiger partial charge >= 0.3 is 0 Å². The number of hydrogen-bond donors (Lipinski definition) is 2. The zero-order valence-electron chi connectivity index (χ0n) is 10.00. The standard InChI is InChI=1S/C13H13F3N2S/c14-10-5-9(6-11(15)13(10)16)12(18-17)2-1-8-3-4-19-7-8/h3-7,12,18H,1-2,17H2. The topological polar surface area (TPSA) is 38.0 Å². The van der Waals surface area contributed by atoms with Gasteiger partial charge in [-0.05, 0) is 52.9 Å². The Morgan fingerprint density at radius 3 is 2.42 bits per heavy atom. The molecule has 1 atom stereocenters. The van der Waals surface area contributed by atoms with Gasteiger partial charge < -0.3 is 0 Å². The van der Waals surface area contributed by atoms with Crippen molar-refractivity contribution in [1.29, 1.82) is 0 Å². The molecule has 19 heavy (non-hydrogen) atoms. The molecule has 0 aliphatic rings. The van der Waals surface area contributed by atoms with Crippen LogP contribution in [0.5, 0.6) is 0 Å². The van der Waals surface area contributed by atoms with Gasteiger partial charge in [0.2, 0.25) is 0 Å². The molecule has 6 heteroatoms. The molecule has 0 aliphatic heterocycles. The minimum Gasteiger partial charge on any atom is -0.271 e. The van der Waals surface area contributed by atoms with Gasteiger partial charge in [-0.15, -0.1) is 0 Å². The van der Waals surface area contributed by atoms with Gasteiger partial charge in [0.1, 0.15) is 0 Å². The number of hydrogen-bond acceptors (Lipinski definition) is 3. The Bertz CT molecular complexity index is 520. The molecule has 0 bridgehead atoms. The molecule has 0 aliphatic carbocycles. The number of nitrogens with two attached hydrogens (primary N) is 1. The van der Waals surface area contributed by atoms with Crippen molar-refractivity contribution in [3.05, 3.63) is 57.5 Å². The lowest BCUT2D eigenvalue weighted by Crippen LogP contribution is -2.28. The quantitative estimate of drug-likeness (QED) is 0.503. The van der Waals surface area contributed by atoms with E-state index in [2.05, 4.69) is 5.43 Å². The van der Waals surface area contributed by atoms with Crippen molar-refractivity contribution >= 4 is 11.3 Å². The van der Waals surface area contributed by atoms with E-state index in [0.717, 1.165) is 24.1 Å². The first kappa shape index (κ1) is 14.0. The van der Waals surface area contributed by atoms with Crippen molar-refractivity contribution in [2.24, 2.45) is 5.84 Å². The van der Waals surface area contributed by atoms with Crippen molar-refractivity contribution in [2.45, 2.75) is 18.9 Å². The van der Waals surface area contributed by atoms with Crippen LogP contribution in [0.4, 0.5) is 13.2 Å². The average Bonchev–Trinajstić information content (AvgIpc) is 2.89. The van der Waals surface area contributed by atoms with E-state index in [1.807, 2.05) is 16.8 Å². The summed E-state index contributed by atoms with van der Waals surface area (Å²) in [5.74, 6) is 1.53. The van der Waals surface area contributed by atoms with E-state index in [1.165, 1.54) is 0 Å². The van der Waals surface area contributed by atoms with E-state index in [1.54, 1.807) is 11.3 Å². The van der Waals surface area contributed by atoms with Gasteiger partial charge in [0.15, 0.2) is 17.5 Å². The van der Waals surface area contributed by atoms with Gasteiger partial charge in [-0.2, -0.15) is 11.3 Å². The molecule has 2 nitrogen and oxygen atoms in total. The molecule has 0 radical (unpaired) electrons. The lowest BCUT2D eigenvalue weighted by molar-refractivity contribution is 0.437. The van der Waals surface area contributed by atoms with Crippen molar-refractivity contribution in [3.8, 4) is 0 Å². The Morgan fingerprint density at radius 1 is 1.21 bits per heavy atom. The van der Waals surface area contributed by atoms with Gasteiger partial charge in [0.25, 0.3) is 0 Å². The maximum Gasteiger partial charge on any atom is 0.194 e.